The van der Waals surface area contributed by atoms with Gasteiger partial charge in [-0.3, -0.25) is 4.79 Å². The molecule has 0 aromatic heterocycles. The Labute approximate surface area is 61.1 Å². The fraction of sp³-hybridized carbons (Fsp3) is 0.667. The first-order valence-corrected chi connectivity index (χ1v) is 3.94. The molecule has 2 bridgehead atoms. The number of Topliss-reactive ketones (excluding diaryl/α,β-unsaturated/α-hetero) is 1. The Bertz CT molecular complexity index is 205. The average Bonchev–Trinajstić information content (AvgIpc) is 2.34. The first-order chi connectivity index (χ1) is 4.72. The molecule has 4 atom stereocenters. The molecular formula is C9H12O. The molecule has 10 heavy (non-hydrogen) atoms. The summed E-state index contributed by atoms with van der Waals surface area (Å²) in [5.41, 5.74) is 0. The highest BCUT2D eigenvalue weighted by Gasteiger charge is 2.46. The van der Waals surface area contributed by atoms with Crippen LogP contribution < -0.4 is 0 Å². The highest BCUT2D eigenvalue weighted by atomic mass is 16.1. The summed E-state index contributed by atoms with van der Waals surface area (Å²) in [5, 5.41) is 0. The molecule has 54 valence electrons. The number of rotatable bonds is 0. The SMILES string of the molecule is C[C@@H]1[C@H]2C=C[C@@H]1C(=O)[C@@H]2C. The highest BCUT2D eigenvalue weighted by Crippen LogP contribution is 2.44. The van der Waals surface area contributed by atoms with Gasteiger partial charge >= 0.3 is 0 Å². The summed E-state index contributed by atoms with van der Waals surface area (Å²) in [6, 6.07) is 0. The van der Waals surface area contributed by atoms with Crippen LogP contribution in [0.4, 0.5) is 0 Å². The molecular weight excluding hydrogens is 124 g/mol. The Hall–Kier alpha value is -0.590. The van der Waals surface area contributed by atoms with Crippen LogP contribution in [0.3, 0.4) is 0 Å². The van der Waals surface area contributed by atoms with Crippen LogP contribution in [0.2, 0.25) is 0 Å². The molecule has 0 saturated heterocycles. The second-order valence-corrected chi connectivity index (χ2v) is 3.54. The zero-order chi connectivity index (χ0) is 7.30. The van der Waals surface area contributed by atoms with Gasteiger partial charge in [0.1, 0.15) is 5.78 Å². The number of hydrogen-bond acceptors (Lipinski definition) is 1. The number of carbonyl (C=O) groups excluding carboxylic acids is 1. The summed E-state index contributed by atoms with van der Waals surface area (Å²) < 4.78 is 0. The van der Waals surface area contributed by atoms with E-state index in [1.807, 2.05) is 6.92 Å². The smallest absolute Gasteiger partial charge is 0.143 e. The quantitative estimate of drug-likeness (QED) is 0.463. The molecule has 2 aliphatic rings. The minimum atomic E-state index is 0.264. The molecule has 0 radical (unpaired) electrons. The van der Waals surface area contributed by atoms with Crippen molar-refractivity contribution < 1.29 is 4.79 Å². The number of fused-ring (bicyclic) bond motifs is 2. The van der Waals surface area contributed by atoms with Crippen LogP contribution in [0.5, 0.6) is 0 Å². The topological polar surface area (TPSA) is 17.1 Å². The molecule has 0 aliphatic heterocycles. The maximum absolute atomic E-state index is 11.3. The largest absolute Gasteiger partial charge is 0.299 e. The van der Waals surface area contributed by atoms with Gasteiger partial charge in [-0.2, -0.15) is 0 Å². The van der Waals surface area contributed by atoms with Crippen LogP contribution in [0.15, 0.2) is 12.2 Å². The van der Waals surface area contributed by atoms with E-state index in [0.717, 1.165) is 0 Å². The highest BCUT2D eigenvalue weighted by molar-refractivity contribution is 5.89. The van der Waals surface area contributed by atoms with Crippen LogP contribution in [0.1, 0.15) is 13.8 Å². The number of ketones is 1. The van der Waals surface area contributed by atoms with Gasteiger partial charge < -0.3 is 0 Å². The van der Waals surface area contributed by atoms with Gasteiger partial charge in [-0.05, 0) is 11.8 Å². The Kier molecular flexibility index (Phi) is 1.05. The number of carbonyl (C=O) groups is 1. The van der Waals surface area contributed by atoms with Crippen molar-refractivity contribution >= 4 is 5.78 Å². The maximum atomic E-state index is 11.3. The predicted octanol–water partition coefficient (Wildman–Crippen LogP) is 1.64. The van der Waals surface area contributed by atoms with Crippen LogP contribution in [-0.4, -0.2) is 5.78 Å². The molecule has 2 rings (SSSR count). The van der Waals surface area contributed by atoms with Gasteiger partial charge in [0, 0.05) is 11.8 Å². The van der Waals surface area contributed by atoms with Crippen molar-refractivity contribution in [3.8, 4) is 0 Å². The van der Waals surface area contributed by atoms with Gasteiger partial charge in [0.15, 0.2) is 0 Å². The van der Waals surface area contributed by atoms with Gasteiger partial charge in [0.2, 0.25) is 0 Å². The molecule has 0 aromatic rings. The van der Waals surface area contributed by atoms with Gasteiger partial charge in [-0.15, -0.1) is 0 Å². The fourth-order valence-electron chi connectivity index (χ4n) is 2.31. The van der Waals surface area contributed by atoms with Crippen molar-refractivity contribution in [2.24, 2.45) is 23.7 Å². The Balaban J connectivity index is 2.38. The van der Waals surface area contributed by atoms with E-state index in [1.165, 1.54) is 0 Å². The van der Waals surface area contributed by atoms with E-state index in [9.17, 15) is 4.79 Å². The lowest BCUT2D eigenvalue weighted by Crippen LogP contribution is -2.14. The first-order valence-electron chi connectivity index (χ1n) is 3.94. The summed E-state index contributed by atoms with van der Waals surface area (Å²) in [6.45, 7) is 4.23. The number of hydrogen-bond donors (Lipinski definition) is 0. The second-order valence-electron chi connectivity index (χ2n) is 3.54. The van der Waals surface area contributed by atoms with Crippen molar-refractivity contribution in [1.82, 2.24) is 0 Å². The standard InChI is InChI=1S/C9H12O/c1-5-7-3-4-8(5)9(10)6(7)2/h3-8H,1-2H3/t5-,6-,7-,8+/m1/s1. The molecule has 0 N–H and O–H groups in total. The molecule has 0 unspecified atom stereocenters. The van der Waals surface area contributed by atoms with E-state index in [-0.39, 0.29) is 5.92 Å². The Morgan fingerprint density at radius 1 is 1.30 bits per heavy atom. The van der Waals surface area contributed by atoms with Crippen LogP contribution >= 0.6 is 0 Å². The summed E-state index contributed by atoms with van der Waals surface area (Å²) in [4.78, 5) is 11.3. The van der Waals surface area contributed by atoms with Crippen molar-refractivity contribution in [2.45, 2.75) is 13.8 Å². The monoisotopic (exact) mass is 136 g/mol. The van der Waals surface area contributed by atoms with Crippen molar-refractivity contribution in [1.29, 1.82) is 0 Å². The molecule has 1 saturated carbocycles. The molecule has 1 heteroatoms. The lowest BCUT2D eigenvalue weighted by atomic mass is 9.93. The lowest BCUT2D eigenvalue weighted by molar-refractivity contribution is -0.123. The first kappa shape index (κ1) is 6.14. The van der Waals surface area contributed by atoms with E-state index in [0.29, 0.717) is 23.5 Å². The fourth-order valence-corrected chi connectivity index (χ4v) is 2.31. The summed E-state index contributed by atoms with van der Waals surface area (Å²) in [5.74, 6) is 2.16. The molecule has 1 fully saturated rings. The van der Waals surface area contributed by atoms with Crippen molar-refractivity contribution in [3.63, 3.8) is 0 Å². The van der Waals surface area contributed by atoms with Crippen molar-refractivity contribution in [3.05, 3.63) is 12.2 Å². The zero-order valence-electron chi connectivity index (χ0n) is 6.37. The van der Waals surface area contributed by atoms with E-state index in [2.05, 4.69) is 19.1 Å². The van der Waals surface area contributed by atoms with E-state index in [4.69, 9.17) is 0 Å². The molecule has 2 aliphatic carbocycles. The van der Waals surface area contributed by atoms with Gasteiger partial charge in [-0.1, -0.05) is 26.0 Å². The molecule has 0 aromatic carbocycles. The predicted molar refractivity (Wildman–Crippen MR) is 39.5 cm³/mol. The Morgan fingerprint density at radius 2 is 2.00 bits per heavy atom. The van der Waals surface area contributed by atoms with Crippen LogP contribution in [0.25, 0.3) is 0 Å². The van der Waals surface area contributed by atoms with E-state index in [1.54, 1.807) is 0 Å². The molecule has 0 spiro atoms. The average molecular weight is 136 g/mol. The minimum absolute atomic E-state index is 0.264. The summed E-state index contributed by atoms with van der Waals surface area (Å²) in [6.07, 6.45) is 4.29. The summed E-state index contributed by atoms with van der Waals surface area (Å²) in [7, 11) is 0. The van der Waals surface area contributed by atoms with Gasteiger partial charge in [0.25, 0.3) is 0 Å². The molecule has 0 amide bonds. The number of allylic oxidation sites excluding steroid dienone is 2. The van der Waals surface area contributed by atoms with E-state index >= 15 is 0 Å². The summed E-state index contributed by atoms with van der Waals surface area (Å²) >= 11 is 0. The third-order valence-corrected chi connectivity index (χ3v) is 3.07. The van der Waals surface area contributed by atoms with Crippen LogP contribution in [-0.2, 0) is 4.79 Å². The van der Waals surface area contributed by atoms with E-state index < -0.39 is 0 Å². The Morgan fingerprint density at radius 3 is 2.30 bits per heavy atom. The zero-order valence-corrected chi connectivity index (χ0v) is 6.37. The lowest BCUT2D eigenvalue weighted by Gasteiger charge is -2.10. The third-order valence-electron chi connectivity index (χ3n) is 3.07. The maximum Gasteiger partial charge on any atom is 0.143 e. The molecule has 0 heterocycles. The van der Waals surface area contributed by atoms with Crippen molar-refractivity contribution in [2.75, 3.05) is 0 Å². The normalized spacial score (nSPS) is 50.8. The second kappa shape index (κ2) is 1.71. The minimum Gasteiger partial charge on any atom is -0.299 e. The van der Waals surface area contributed by atoms with Gasteiger partial charge in [-0.25, -0.2) is 0 Å². The van der Waals surface area contributed by atoms with Crippen LogP contribution in [0, 0.1) is 23.7 Å². The van der Waals surface area contributed by atoms with Gasteiger partial charge in [0.05, 0.1) is 0 Å². The third kappa shape index (κ3) is 0.511. The molecule has 1 nitrogen and oxygen atoms in total.